The van der Waals surface area contributed by atoms with Gasteiger partial charge in [0.2, 0.25) is 0 Å². The van der Waals surface area contributed by atoms with Gasteiger partial charge in [-0.05, 0) is 23.6 Å². The molecule has 2 heterocycles. The van der Waals surface area contributed by atoms with Crippen LogP contribution in [0.15, 0.2) is 54.6 Å². The van der Waals surface area contributed by atoms with Crippen LogP contribution in [0.3, 0.4) is 0 Å². The van der Waals surface area contributed by atoms with Crippen LogP contribution >= 0.6 is 0 Å². The van der Waals surface area contributed by atoms with Crippen molar-refractivity contribution in [1.29, 1.82) is 0 Å². The Morgan fingerprint density at radius 1 is 1.08 bits per heavy atom. The Balaban J connectivity index is 1.73. The van der Waals surface area contributed by atoms with Crippen molar-refractivity contribution in [3.8, 4) is 0 Å². The maximum Gasteiger partial charge on any atom is 0.157 e. The van der Waals surface area contributed by atoms with Crippen molar-refractivity contribution in [3.05, 3.63) is 65.7 Å². The third kappa shape index (κ3) is 2.74. The normalized spacial score (nSPS) is 24.6. The van der Waals surface area contributed by atoms with E-state index in [0.717, 1.165) is 26.0 Å². The van der Waals surface area contributed by atoms with Crippen LogP contribution in [0.5, 0.6) is 0 Å². The van der Waals surface area contributed by atoms with Gasteiger partial charge in [-0.2, -0.15) is 0 Å². The third-order valence-corrected chi connectivity index (χ3v) is 5.58. The van der Waals surface area contributed by atoms with E-state index in [0.29, 0.717) is 0 Å². The SMILES string of the molecule is COC(C[C@@]12CCO[C@@H]1N(Cc1ccccc1)c1ccccc12)OC. The topological polar surface area (TPSA) is 30.9 Å². The predicted octanol–water partition coefficient (Wildman–Crippen LogP) is 3.70. The fourth-order valence-electron chi connectivity index (χ4n) is 4.38. The molecule has 4 nitrogen and oxygen atoms in total. The van der Waals surface area contributed by atoms with E-state index >= 15 is 0 Å². The van der Waals surface area contributed by atoms with Gasteiger partial charge >= 0.3 is 0 Å². The number of ether oxygens (including phenoxy) is 3. The number of hydrogen-bond acceptors (Lipinski definition) is 4. The van der Waals surface area contributed by atoms with Crippen LogP contribution in [0.4, 0.5) is 5.69 Å². The summed E-state index contributed by atoms with van der Waals surface area (Å²) in [5, 5.41) is 0. The van der Waals surface area contributed by atoms with E-state index in [1.165, 1.54) is 16.8 Å². The second-order valence-electron chi connectivity index (χ2n) is 6.87. The number of hydrogen-bond donors (Lipinski definition) is 0. The van der Waals surface area contributed by atoms with Gasteiger partial charge in [0.05, 0.1) is 6.61 Å². The number of para-hydroxylation sites is 1. The lowest BCUT2D eigenvalue weighted by molar-refractivity contribution is -0.121. The largest absolute Gasteiger partial charge is 0.357 e. The fraction of sp³-hybridized carbons (Fsp3) is 0.429. The molecule has 0 aliphatic carbocycles. The molecule has 1 fully saturated rings. The second-order valence-corrected chi connectivity index (χ2v) is 6.87. The van der Waals surface area contributed by atoms with Crippen molar-refractivity contribution in [1.82, 2.24) is 0 Å². The van der Waals surface area contributed by atoms with Crippen molar-refractivity contribution in [2.75, 3.05) is 25.7 Å². The summed E-state index contributed by atoms with van der Waals surface area (Å²) in [6, 6.07) is 19.2. The first-order valence-corrected chi connectivity index (χ1v) is 8.86. The van der Waals surface area contributed by atoms with E-state index in [2.05, 4.69) is 59.5 Å². The van der Waals surface area contributed by atoms with Crippen LogP contribution in [-0.4, -0.2) is 33.3 Å². The molecule has 2 aliphatic rings. The summed E-state index contributed by atoms with van der Waals surface area (Å²) in [4.78, 5) is 2.40. The number of anilines is 1. The highest BCUT2D eigenvalue weighted by Crippen LogP contribution is 2.54. The average Bonchev–Trinajstić information content (AvgIpc) is 3.18. The van der Waals surface area contributed by atoms with E-state index in [1.807, 2.05) is 0 Å². The molecule has 2 aromatic rings. The molecule has 0 radical (unpaired) electrons. The Hall–Kier alpha value is -1.88. The Kier molecular flexibility index (Phi) is 4.50. The minimum Gasteiger partial charge on any atom is -0.357 e. The van der Waals surface area contributed by atoms with E-state index in [9.17, 15) is 0 Å². The molecule has 25 heavy (non-hydrogen) atoms. The van der Waals surface area contributed by atoms with Crippen LogP contribution < -0.4 is 4.90 Å². The van der Waals surface area contributed by atoms with Gasteiger partial charge < -0.3 is 19.1 Å². The Morgan fingerprint density at radius 3 is 2.56 bits per heavy atom. The Labute approximate surface area is 149 Å². The van der Waals surface area contributed by atoms with Crippen LogP contribution in [0, 0.1) is 0 Å². The zero-order valence-corrected chi connectivity index (χ0v) is 14.9. The predicted molar refractivity (Wildman–Crippen MR) is 97.5 cm³/mol. The molecule has 0 spiro atoms. The van der Waals surface area contributed by atoms with E-state index in [1.54, 1.807) is 14.2 Å². The Morgan fingerprint density at radius 2 is 1.80 bits per heavy atom. The van der Waals surface area contributed by atoms with Crippen molar-refractivity contribution in [2.24, 2.45) is 0 Å². The molecule has 0 saturated carbocycles. The molecule has 2 aromatic carbocycles. The van der Waals surface area contributed by atoms with Gasteiger partial charge in [0.25, 0.3) is 0 Å². The average molecular weight is 339 g/mol. The molecule has 0 bridgehead atoms. The van der Waals surface area contributed by atoms with Gasteiger partial charge in [-0.25, -0.2) is 0 Å². The van der Waals surface area contributed by atoms with Crippen LogP contribution in [0.2, 0.25) is 0 Å². The molecule has 0 aromatic heterocycles. The zero-order valence-electron chi connectivity index (χ0n) is 14.9. The quantitative estimate of drug-likeness (QED) is 0.751. The first-order valence-electron chi connectivity index (χ1n) is 8.86. The summed E-state index contributed by atoms with van der Waals surface area (Å²) in [7, 11) is 3.41. The van der Waals surface area contributed by atoms with Crippen molar-refractivity contribution in [3.63, 3.8) is 0 Å². The highest BCUT2D eigenvalue weighted by Gasteiger charge is 2.55. The van der Waals surface area contributed by atoms with Gasteiger partial charge in [0.15, 0.2) is 6.29 Å². The van der Waals surface area contributed by atoms with E-state index in [-0.39, 0.29) is 17.9 Å². The monoisotopic (exact) mass is 339 g/mol. The molecule has 1 saturated heterocycles. The lowest BCUT2D eigenvalue weighted by Gasteiger charge is -2.34. The van der Waals surface area contributed by atoms with Gasteiger partial charge in [0, 0.05) is 38.3 Å². The van der Waals surface area contributed by atoms with Gasteiger partial charge in [-0.3, -0.25) is 0 Å². The summed E-state index contributed by atoms with van der Waals surface area (Å²) in [6.45, 7) is 1.61. The molecule has 0 N–H and O–H groups in total. The number of fused-ring (bicyclic) bond motifs is 3. The molecule has 2 aliphatic heterocycles. The molecule has 0 amide bonds. The molecule has 0 unspecified atom stereocenters. The summed E-state index contributed by atoms with van der Waals surface area (Å²) in [6.07, 6.45) is 1.59. The summed E-state index contributed by atoms with van der Waals surface area (Å²) < 4.78 is 17.3. The smallest absolute Gasteiger partial charge is 0.157 e. The molecule has 2 atom stereocenters. The van der Waals surface area contributed by atoms with Gasteiger partial charge in [-0.1, -0.05) is 48.5 Å². The maximum atomic E-state index is 6.25. The van der Waals surface area contributed by atoms with E-state index in [4.69, 9.17) is 14.2 Å². The standard InChI is InChI=1S/C21H25NO3/c1-23-19(24-2)14-21-12-13-25-20(21)22(15-16-8-4-3-5-9-16)18-11-7-6-10-17(18)21/h3-11,19-20H,12-15H2,1-2H3/t20-,21+/m0/s1. The summed E-state index contributed by atoms with van der Waals surface area (Å²) in [5.74, 6) is 0. The van der Waals surface area contributed by atoms with Crippen molar-refractivity contribution in [2.45, 2.75) is 37.3 Å². The third-order valence-electron chi connectivity index (χ3n) is 5.58. The number of methoxy groups -OCH3 is 2. The van der Waals surface area contributed by atoms with E-state index < -0.39 is 0 Å². The van der Waals surface area contributed by atoms with Gasteiger partial charge in [0.1, 0.15) is 6.23 Å². The molecule has 4 rings (SSSR count). The van der Waals surface area contributed by atoms with Gasteiger partial charge in [-0.15, -0.1) is 0 Å². The first-order chi connectivity index (χ1) is 12.3. The fourth-order valence-corrected chi connectivity index (χ4v) is 4.38. The number of rotatable bonds is 6. The molecular weight excluding hydrogens is 314 g/mol. The lowest BCUT2D eigenvalue weighted by atomic mass is 9.76. The van der Waals surface area contributed by atoms with Crippen LogP contribution in [0.25, 0.3) is 0 Å². The molecule has 132 valence electrons. The number of nitrogens with zero attached hydrogens (tertiary/aromatic N) is 1. The van der Waals surface area contributed by atoms with Crippen molar-refractivity contribution < 1.29 is 14.2 Å². The highest BCUT2D eigenvalue weighted by molar-refractivity contribution is 5.64. The summed E-state index contributed by atoms with van der Waals surface area (Å²) in [5.41, 5.74) is 3.83. The lowest BCUT2D eigenvalue weighted by Crippen LogP contribution is -2.44. The van der Waals surface area contributed by atoms with Crippen molar-refractivity contribution >= 4 is 5.69 Å². The minimum absolute atomic E-state index is 0.0258. The highest BCUT2D eigenvalue weighted by atomic mass is 16.7. The first kappa shape index (κ1) is 16.6. The Bertz CT molecular complexity index is 716. The second kappa shape index (κ2) is 6.79. The molecule has 4 heteroatoms. The van der Waals surface area contributed by atoms with Crippen LogP contribution in [0.1, 0.15) is 24.0 Å². The van der Waals surface area contributed by atoms with Crippen LogP contribution in [-0.2, 0) is 26.2 Å². The maximum absolute atomic E-state index is 6.25. The zero-order chi connectivity index (χ0) is 17.3. The summed E-state index contributed by atoms with van der Waals surface area (Å²) >= 11 is 0. The number of benzene rings is 2. The molecular formula is C21H25NO3. The minimum atomic E-state index is -0.228.